The first-order chi connectivity index (χ1) is 7.83. The van der Waals surface area contributed by atoms with E-state index in [4.69, 9.17) is 0 Å². The van der Waals surface area contributed by atoms with Gasteiger partial charge < -0.3 is 10.4 Å². The lowest BCUT2D eigenvalue weighted by atomic mass is 9.87. The van der Waals surface area contributed by atoms with Gasteiger partial charge in [-0.25, -0.2) is 0 Å². The fourth-order valence-corrected chi connectivity index (χ4v) is 2.61. The summed E-state index contributed by atoms with van der Waals surface area (Å²) in [4.78, 5) is 0. The zero-order valence-electron chi connectivity index (χ0n) is 10.9. The fraction of sp³-hybridized carbons (Fsp3) is 1.00. The molecule has 2 unspecified atom stereocenters. The lowest BCUT2D eigenvalue weighted by molar-refractivity contribution is 0.101. The Balaban J connectivity index is 1.86. The molecule has 0 heterocycles. The quantitative estimate of drug-likeness (QED) is 0.625. The van der Waals surface area contributed by atoms with Gasteiger partial charge in [-0.1, -0.05) is 39.0 Å². The standard InChI is InChI=1S/C14H29NO/c1-2-3-4-5-6-10-15-12-13-8-7-9-14(16)11-13/h13-16H,2-12H2,1H3. The van der Waals surface area contributed by atoms with Crippen molar-refractivity contribution in [3.63, 3.8) is 0 Å². The van der Waals surface area contributed by atoms with Crippen LogP contribution in [0.15, 0.2) is 0 Å². The maximum absolute atomic E-state index is 9.55. The van der Waals surface area contributed by atoms with Crippen molar-refractivity contribution in [2.75, 3.05) is 13.1 Å². The summed E-state index contributed by atoms with van der Waals surface area (Å²) < 4.78 is 0. The van der Waals surface area contributed by atoms with Crippen LogP contribution in [0.25, 0.3) is 0 Å². The number of aliphatic hydroxyl groups is 1. The van der Waals surface area contributed by atoms with Crippen molar-refractivity contribution < 1.29 is 5.11 Å². The number of unbranched alkanes of at least 4 members (excludes halogenated alkanes) is 4. The van der Waals surface area contributed by atoms with Gasteiger partial charge in [0, 0.05) is 0 Å². The molecular weight excluding hydrogens is 198 g/mol. The molecule has 0 radical (unpaired) electrons. The second-order valence-electron chi connectivity index (χ2n) is 5.30. The summed E-state index contributed by atoms with van der Waals surface area (Å²) in [6, 6.07) is 0. The molecule has 2 nitrogen and oxygen atoms in total. The predicted octanol–water partition coefficient (Wildman–Crippen LogP) is 3.10. The molecule has 1 aliphatic rings. The Labute approximate surface area is 101 Å². The first kappa shape index (κ1) is 14.0. The molecule has 0 bridgehead atoms. The van der Waals surface area contributed by atoms with E-state index in [0.717, 1.165) is 31.8 Å². The van der Waals surface area contributed by atoms with Crippen LogP contribution in [-0.4, -0.2) is 24.3 Å². The number of nitrogens with one attached hydrogen (secondary N) is 1. The normalized spacial score (nSPS) is 25.9. The molecule has 1 saturated carbocycles. The van der Waals surface area contributed by atoms with Gasteiger partial charge in [0.25, 0.3) is 0 Å². The minimum atomic E-state index is -0.0231. The maximum atomic E-state index is 9.55. The molecule has 0 aromatic rings. The highest BCUT2D eigenvalue weighted by molar-refractivity contribution is 4.73. The van der Waals surface area contributed by atoms with Crippen LogP contribution in [0.2, 0.25) is 0 Å². The fourth-order valence-electron chi connectivity index (χ4n) is 2.61. The van der Waals surface area contributed by atoms with Gasteiger partial charge in [-0.05, 0) is 44.7 Å². The van der Waals surface area contributed by atoms with E-state index in [9.17, 15) is 5.11 Å². The van der Waals surface area contributed by atoms with E-state index < -0.39 is 0 Å². The van der Waals surface area contributed by atoms with Gasteiger partial charge in [0.15, 0.2) is 0 Å². The molecule has 2 heteroatoms. The number of rotatable bonds is 8. The van der Waals surface area contributed by atoms with Crippen molar-refractivity contribution in [3.05, 3.63) is 0 Å². The van der Waals surface area contributed by atoms with E-state index in [1.54, 1.807) is 0 Å². The van der Waals surface area contributed by atoms with Crippen LogP contribution < -0.4 is 5.32 Å². The van der Waals surface area contributed by atoms with Crippen LogP contribution in [0.3, 0.4) is 0 Å². The molecule has 0 aromatic carbocycles. The van der Waals surface area contributed by atoms with Gasteiger partial charge >= 0.3 is 0 Å². The summed E-state index contributed by atoms with van der Waals surface area (Å²) >= 11 is 0. The Morgan fingerprint density at radius 2 is 1.94 bits per heavy atom. The van der Waals surface area contributed by atoms with E-state index in [1.807, 2.05) is 0 Å². The summed E-state index contributed by atoms with van der Waals surface area (Å²) in [6.45, 7) is 4.54. The van der Waals surface area contributed by atoms with Crippen molar-refractivity contribution >= 4 is 0 Å². The maximum Gasteiger partial charge on any atom is 0.0543 e. The summed E-state index contributed by atoms with van der Waals surface area (Å²) in [5.74, 6) is 0.722. The molecule has 0 amide bonds. The molecule has 0 aromatic heterocycles. The van der Waals surface area contributed by atoms with Gasteiger partial charge in [-0.15, -0.1) is 0 Å². The molecular formula is C14H29NO. The Kier molecular flexibility index (Phi) is 7.87. The lowest BCUT2D eigenvalue weighted by Gasteiger charge is -2.25. The molecule has 1 fully saturated rings. The third-order valence-corrected chi connectivity index (χ3v) is 3.65. The lowest BCUT2D eigenvalue weighted by Crippen LogP contribution is -2.29. The summed E-state index contributed by atoms with van der Waals surface area (Å²) in [5.41, 5.74) is 0. The minimum Gasteiger partial charge on any atom is -0.393 e. The van der Waals surface area contributed by atoms with E-state index in [2.05, 4.69) is 12.2 Å². The molecule has 0 spiro atoms. The van der Waals surface area contributed by atoms with Crippen molar-refractivity contribution in [1.82, 2.24) is 5.32 Å². The first-order valence-electron chi connectivity index (χ1n) is 7.21. The summed E-state index contributed by atoms with van der Waals surface area (Å²) in [6.07, 6.45) is 11.3. The van der Waals surface area contributed by atoms with E-state index in [0.29, 0.717) is 0 Å². The van der Waals surface area contributed by atoms with Gasteiger partial charge in [0.2, 0.25) is 0 Å². The van der Waals surface area contributed by atoms with Crippen LogP contribution in [0.4, 0.5) is 0 Å². The first-order valence-corrected chi connectivity index (χ1v) is 7.21. The van der Waals surface area contributed by atoms with Crippen LogP contribution in [0.5, 0.6) is 0 Å². The molecule has 1 rings (SSSR count). The second-order valence-corrected chi connectivity index (χ2v) is 5.30. The van der Waals surface area contributed by atoms with Crippen LogP contribution >= 0.6 is 0 Å². The molecule has 96 valence electrons. The second kappa shape index (κ2) is 9.00. The van der Waals surface area contributed by atoms with Gasteiger partial charge in [-0.3, -0.25) is 0 Å². The van der Waals surface area contributed by atoms with Crippen molar-refractivity contribution in [1.29, 1.82) is 0 Å². The number of aliphatic hydroxyl groups excluding tert-OH is 1. The highest BCUT2D eigenvalue weighted by Crippen LogP contribution is 2.23. The van der Waals surface area contributed by atoms with Crippen molar-refractivity contribution in [3.8, 4) is 0 Å². The average Bonchev–Trinajstić information content (AvgIpc) is 2.28. The third-order valence-electron chi connectivity index (χ3n) is 3.65. The predicted molar refractivity (Wildman–Crippen MR) is 69.6 cm³/mol. The SMILES string of the molecule is CCCCCCCNCC1CCCC(O)C1. The van der Waals surface area contributed by atoms with Crippen LogP contribution in [0.1, 0.15) is 64.7 Å². The van der Waals surface area contributed by atoms with Gasteiger partial charge in [0.05, 0.1) is 6.10 Å². The molecule has 2 atom stereocenters. The molecule has 0 aliphatic heterocycles. The van der Waals surface area contributed by atoms with Crippen molar-refractivity contribution in [2.45, 2.75) is 70.8 Å². The van der Waals surface area contributed by atoms with Crippen LogP contribution in [-0.2, 0) is 0 Å². The molecule has 16 heavy (non-hydrogen) atoms. The molecule has 1 aliphatic carbocycles. The Morgan fingerprint density at radius 1 is 1.12 bits per heavy atom. The topological polar surface area (TPSA) is 32.3 Å². The smallest absolute Gasteiger partial charge is 0.0543 e. The molecule has 0 saturated heterocycles. The molecule has 2 N–H and O–H groups in total. The zero-order valence-corrected chi connectivity index (χ0v) is 10.9. The van der Waals surface area contributed by atoms with E-state index >= 15 is 0 Å². The van der Waals surface area contributed by atoms with Crippen LogP contribution in [0, 0.1) is 5.92 Å². The van der Waals surface area contributed by atoms with E-state index in [-0.39, 0.29) is 6.10 Å². The Hall–Kier alpha value is -0.0800. The number of hydrogen-bond acceptors (Lipinski definition) is 2. The monoisotopic (exact) mass is 227 g/mol. The average molecular weight is 227 g/mol. The highest BCUT2D eigenvalue weighted by Gasteiger charge is 2.19. The summed E-state index contributed by atoms with van der Waals surface area (Å²) in [7, 11) is 0. The summed E-state index contributed by atoms with van der Waals surface area (Å²) in [5, 5.41) is 13.1. The Morgan fingerprint density at radius 3 is 2.69 bits per heavy atom. The Bertz CT molecular complexity index is 161. The third kappa shape index (κ3) is 6.49. The largest absolute Gasteiger partial charge is 0.393 e. The minimum absolute atomic E-state index is 0.0231. The zero-order chi connectivity index (χ0) is 11.6. The van der Waals surface area contributed by atoms with Gasteiger partial charge in [0.1, 0.15) is 0 Å². The van der Waals surface area contributed by atoms with Gasteiger partial charge in [-0.2, -0.15) is 0 Å². The number of hydrogen-bond donors (Lipinski definition) is 2. The van der Waals surface area contributed by atoms with Crippen molar-refractivity contribution in [2.24, 2.45) is 5.92 Å². The van der Waals surface area contributed by atoms with E-state index in [1.165, 1.54) is 44.9 Å². The highest BCUT2D eigenvalue weighted by atomic mass is 16.3.